The summed E-state index contributed by atoms with van der Waals surface area (Å²) < 4.78 is 0. The molecule has 160 valence electrons. The van der Waals surface area contributed by atoms with Crippen LogP contribution in [0.25, 0.3) is 61.0 Å². The zero-order chi connectivity index (χ0) is 22.9. The number of benzene rings is 6. The van der Waals surface area contributed by atoms with E-state index in [2.05, 4.69) is 134 Å². The van der Waals surface area contributed by atoms with Crippen LogP contribution in [0.2, 0.25) is 0 Å². The average molecular weight is 433 g/mol. The highest BCUT2D eigenvalue weighted by molar-refractivity contribution is 6.22. The van der Waals surface area contributed by atoms with Gasteiger partial charge >= 0.3 is 0 Å². The molecule has 0 radical (unpaired) electrons. The average Bonchev–Trinajstić information content (AvgIpc) is 2.92. The SMILES string of the molecule is C=Cc1cccc(-c2c3ccccc3c(-c3ccccc3-c3ccccc3)c3ccccc23)c1. The van der Waals surface area contributed by atoms with E-state index in [0.717, 1.165) is 5.56 Å². The smallest absolute Gasteiger partial charge is 0.00201 e. The standard InChI is InChI=1S/C34H24/c1-2-24-13-12-16-26(23-24)33-29-19-8-10-21-31(29)34(32-22-11-9-20-30(32)33)28-18-7-6-17-27(28)25-14-4-3-5-15-25/h2-23H,1H2. The summed E-state index contributed by atoms with van der Waals surface area (Å²) in [6, 6.07) is 45.7. The largest absolute Gasteiger partial charge is 0.0985 e. The molecule has 0 spiro atoms. The molecule has 6 aromatic rings. The number of rotatable bonds is 4. The normalized spacial score (nSPS) is 11.1. The Hall–Kier alpha value is -4.42. The summed E-state index contributed by atoms with van der Waals surface area (Å²) in [6.45, 7) is 3.98. The molecular formula is C34H24. The summed E-state index contributed by atoms with van der Waals surface area (Å²) in [5.74, 6) is 0. The van der Waals surface area contributed by atoms with E-state index in [1.807, 2.05) is 6.08 Å². The molecule has 0 N–H and O–H groups in total. The van der Waals surface area contributed by atoms with Crippen LogP contribution in [0.5, 0.6) is 0 Å². The van der Waals surface area contributed by atoms with Gasteiger partial charge in [0.25, 0.3) is 0 Å². The van der Waals surface area contributed by atoms with E-state index in [0.29, 0.717) is 0 Å². The van der Waals surface area contributed by atoms with Gasteiger partial charge < -0.3 is 0 Å². The fourth-order valence-corrected chi connectivity index (χ4v) is 5.12. The monoisotopic (exact) mass is 432 g/mol. The van der Waals surface area contributed by atoms with Crippen molar-refractivity contribution in [2.75, 3.05) is 0 Å². The molecule has 6 aromatic carbocycles. The summed E-state index contributed by atoms with van der Waals surface area (Å²) in [5, 5.41) is 5.06. The Kier molecular flexibility index (Phi) is 5.05. The predicted octanol–water partition coefficient (Wildman–Crippen LogP) is 9.64. The van der Waals surface area contributed by atoms with E-state index >= 15 is 0 Å². The van der Waals surface area contributed by atoms with Gasteiger partial charge in [-0.15, -0.1) is 0 Å². The minimum atomic E-state index is 1.13. The van der Waals surface area contributed by atoms with Crippen LogP contribution < -0.4 is 0 Å². The lowest BCUT2D eigenvalue weighted by molar-refractivity contribution is 1.60. The molecule has 0 heterocycles. The lowest BCUT2D eigenvalue weighted by Crippen LogP contribution is -1.92. The Morgan fingerprint density at radius 2 is 0.912 bits per heavy atom. The summed E-state index contributed by atoms with van der Waals surface area (Å²) in [4.78, 5) is 0. The maximum absolute atomic E-state index is 3.98. The lowest BCUT2D eigenvalue weighted by Gasteiger charge is -2.19. The summed E-state index contributed by atoms with van der Waals surface area (Å²) in [7, 11) is 0. The third-order valence-corrected chi connectivity index (χ3v) is 6.62. The van der Waals surface area contributed by atoms with E-state index < -0.39 is 0 Å². The Balaban J connectivity index is 1.77. The third-order valence-electron chi connectivity index (χ3n) is 6.62. The summed E-state index contributed by atoms with van der Waals surface area (Å²) in [6.07, 6.45) is 1.92. The van der Waals surface area contributed by atoms with Crippen molar-refractivity contribution in [2.24, 2.45) is 0 Å². The van der Waals surface area contributed by atoms with E-state index in [-0.39, 0.29) is 0 Å². The molecule has 0 unspecified atom stereocenters. The van der Waals surface area contributed by atoms with Gasteiger partial charge in [0.05, 0.1) is 0 Å². The van der Waals surface area contributed by atoms with Crippen molar-refractivity contribution in [1.82, 2.24) is 0 Å². The van der Waals surface area contributed by atoms with Gasteiger partial charge in [-0.25, -0.2) is 0 Å². The van der Waals surface area contributed by atoms with Crippen molar-refractivity contribution >= 4 is 27.6 Å². The van der Waals surface area contributed by atoms with Crippen LogP contribution in [0, 0.1) is 0 Å². The van der Waals surface area contributed by atoms with Crippen LogP contribution in [0.4, 0.5) is 0 Å². The zero-order valence-corrected chi connectivity index (χ0v) is 18.9. The second kappa shape index (κ2) is 8.50. The van der Waals surface area contributed by atoms with E-state index in [9.17, 15) is 0 Å². The van der Waals surface area contributed by atoms with Crippen LogP contribution in [-0.2, 0) is 0 Å². The van der Waals surface area contributed by atoms with E-state index in [1.54, 1.807) is 0 Å². The van der Waals surface area contributed by atoms with Gasteiger partial charge in [0.2, 0.25) is 0 Å². The summed E-state index contributed by atoms with van der Waals surface area (Å²) >= 11 is 0. The maximum Gasteiger partial charge on any atom is -0.00201 e. The van der Waals surface area contributed by atoms with Crippen LogP contribution in [0.3, 0.4) is 0 Å². The maximum atomic E-state index is 3.98. The first-order valence-electron chi connectivity index (χ1n) is 11.7. The molecule has 0 fully saturated rings. The first-order valence-corrected chi connectivity index (χ1v) is 11.7. The quantitative estimate of drug-likeness (QED) is 0.243. The molecular weight excluding hydrogens is 408 g/mol. The van der Waals surface area contributed by atoms with Gasteiger partial charge in [0, 0.05) is 0 Å². The van der Waals surface area contributed by atoms with Gasteiger partial charge in [-0.05, 0) is 66.6 Å². The number of fused-ring (bicyclic) bond motifs is 2. The van der Waals surface area contributed by atoms with Crippen LogP contribution >= 0.6 is 0 Å². The topological polar surface area (TPSA) is 0 Å². The van der Waals surface area contributed by atoms with Crippen molar-refractivity contribution in [1.29, 1.82) is 0 Å². The predicted molar refractivity (Wildman–Crippen MR) is 148 cm³/mol. The molecule has 0 amide bonds. The molecule has 0 saturated heterocycles. The summed E-state index contributed by atoms with van der Waals surface area (Å²) in [5.41, 5.74) is 8.64. The minimum absolute atomic E-state index is 1.13. The van der Waals surface area contributed by atoms with Gasteiger partial charge in [-0.2, -0.15) is 0 Å². The molecule has 0 nitrogen and oxygen atoms in total. The molecule has 0 aliphatic heterocycles. The van der Waals surface area contributed by atoms with Crippen molar-refractivity contribution in [2.45, 2.75) is 0 Å². The van der Waals surface area contributed by atoms with Crippen molar-refractivity contribution in [3.8, 4) is 33.4 Å². The Morgan fingerprint density at radius 1 is 0.412 bits per heavy atom. The van der Waals surface area contributed by atoms with Gasteiger partial charge in [0.15, 0.2) is 0 Å². The molecule has 0 atom stereocenters. The number of hydrogen-bond acceptors (Lipinski definition) is 0. The molecule has 0 heteroatoms. The highest BCUT2D eigenvalue weighted by atomic mass is 14.2. The van der Waals surface area contributed by atoms with E-state index in [1.165, 1.54) is 54.9 Å². The van der Waals surface area contributed by atoms with Crippen molar-refractivity contribution in [3.63, 3.8) is 0 Å². The minimum Gasteiger partial charge on any atom is -0.0985 e. The van der Waals surface area contributed by atoms with Crippen LogP contribution in [-0.4, -0.2) is 0 Å². The fraction of sp³-hybridized carbons (Fsp3) is 0. The van der Waals surface area contributed by atoms with Gasteiger partial charge in [-0.3, -0.25) is 0 Å². The highest BCUT2D eigenvalue weighted by Gasteiger charge is 2.18. The molecule has 0 aliphatic carbocycles. The van der Waals surface area contributed by atoms with Gasteiger partial charge in [-0.1, -0.05) is 134 Å². The Bertz CT molecular complexity index is 1600. The third kappa shape index (κ3) is 3.32. The first-order chi connectivity index (χ1) is 16.8. The highest BCUT2D eigenvalue weighted by Crippen LogP contribution is 2.45. The second-order valence-corrected chi connectivity index (χ2v) is 8.58. The molecule has 0 saturated carbocycles. The van der Waals surface area contributed by atoms with Gasteiger partial charge in [0.1, 0.15) is 0 Å². The first kappa shape index (κ1) is 20.2. The lowest BCUT2D eigenvalue weighted by atomic mass is 9.83. The molecule has 34 heavy (non-hydrogen) atoms. The molecule has 6 rings (SSSR count). The van der Waals surface area contributed by atoms with Crippen LogP contribution in [0.1, 0.15) is 5.56 Å². The number of hydrogen-bond donors (Lipinski definition) is 0. The Morgan fingerprint density at radius 3 is 1.53 bits per heavy atom. The molecule has 0 bridgehead atoms. The Labute approximate surface area is 200 Å². The zero-order valence-electron chi connectivity index (χ0n) is 18.9. The molecule has 0 aromatic heterocycles. The van der Waals surface area contributed by atoms with Crippen molar-refractivity contribution in [3.05, 3.63) is 140 Å². The van der Waals surface area contributed by atoms with Crippen LogP contribution in [0.15, 0.2) is 134 Å². The van der Waals surface area contributed by atoms with Crippen molar-refractivity contribution < 1.29 is 0 Å². The van der Waals surface area contributed by atoms with E-state index in [4.69, 9.17) is 0 Å². The molecule has 0 aliphatic rings. The fourth-order valence-electron chi connectivity index (χ4n) is 5.12. The second-order valence-electron chi connectivity index (χ2n) is 8.58.